The van der Waals surface area contributed by atoms with Gasteiger partial charge >= 0.3 is 6.03 Å². The Kier molecular flexibility index (Phi) is 5.21. The second-order valence-corrected chi connectivity index (χ2v) is 4.99. The number of hydrogen-bond acceptors (Lipinski definition) is 2. The fourth-order valence-electron chi connectivity index (χ4n) is 2.43. The summed E-state index contributed by atoms with van der Waals surface area (Å²) in [7, 11) is 0. The molecule has 2 N–H and O–H groups in total. The summed E-state index contributed by atoms with van der Waals surface area (Å²) in [5, 5.41) is 0. The number of nitrogens with zero attached hydrogens (tertiary/aromatic N) is 1. The van der Waals surface area contributed by atoms with Crippen LogP contribution in [0.25, 0.3) is 0 Å². The van der Waals surface area contributed by atoms with Crippen molar-refractivity contribution in [2.45, 2.75) is 38.6 Å². The van der Waals surface area contributed by atoms with E-state index in [-0.39, 0.29) is 12.1 Å². The SMILES string of the molecule is CCC(NNC(=O)N1CCCCC1)c1ccccc1. The lowest BCUT2D eigenvalue weighted by atomic mass is 10.1. The largest absolute Gasteiger partial charge is 0.331 e. The third-order valence-corrected chi connectivity index (χ3v) is 3.61. The van der Waals surface area contributed by atoms with Crippen molar-refractivity contribution in [3.05, 3.63) is 35.9 Å². The van der Waals surface area contributed by atoms with Crippen LogP contribution >= 0.6 is 0 Å². The Balaban J connectivity index is 1.84. The number of benzene rings is 1. The lowest BCUT2D eigenvalue weighted by Crippen LogP contribution is -2.49. The molecule has 1 aliphatic rings. The van der Waals surface area contributed by atoms with Gasteiger partial charge in [0.2, 0.25) is 0 Å². The van der Waals surface area contributed by atoms with Crippen LogP contribution in [0.1, 0.15) is 44.2 Å². The highest BCUT2D eigenvalue weighted by Gasteiger charge is 2.17. The molecule has 0 aromatic heterocycles. The average molecular weight is 261 g/mol. The number of hydrazine groups is 1. The van der Waals surface area contributed by atoms with Gasteiger partial charge in [0.05, 0.1) is 6.04 Å². The number of nitrogens with one attached hydrogen (secondary N) is 2. The minimum Gasteiger partial charge on any atom is -0.324 e. The van der Waals surface area contributed by atoms with Crippen LogP contribution in [0.2, 0.25) is 0 Å². The number of hydrogen-bond donors (Lipinski definition) is 2. The number of piperidine rings is 1. The summed E-state index contributed by atoms with van der Waals surface area (Å²) in [6.07, 6.45) is 4.40. The molecule has 19 heavy (non-hydrogen) atoms. The van der Waals surface area contributed by atoms with Gasteiger partial charge in [0.1, 0.15) is 0 Å². The Hall–Kier alpha value is -1.55. The Morgan fingerprint density at radius 2 is 1.89 bits per heavy atom. The van der Waals surface area contributed by atoms with Gasteiger partial charge in [-0.15, -0.1) is 0 Å². The second-order valence-electron chi connectivity index (χ2n) is 4.99. The Morgan fingerprint density at radius 3 is 2.53 bits per heavy atom. The van der Waals surface area contributed by atoms with Crippen molar-refractivity contribution >= 4 is 6.03 Å². The molecule has 1 saturated heterocycles. The minimum atomic E-state index is -0.00548. The van der Waals surface area contributed by atoms with E-state index < -0.39 is 0 Å². The van der Waals surface area contributed by atoms with Gasteiger partial charge in [-0.1, -0.05) is 37.3 Å². The minimum absolute atomic E-state index is 0.00548. The molecule has 2 rings (SSSR count). The van der Waals surface area contributed by atoms with Crippen LogP contribution in [0.3, 0.4) is 0 Å². The van der Waals surface area contributed by atoms with Gasteiger partial charge in [-0.25, -0.2) is 10.2 Å². The van der Waals surface area contributed by atoms with E-state index >= 15 is 0 Å². The maximum atomic E-state index is 12.0. The van der Waals surface area contributed by atoms with Crippen LogP contribution in [0.4, 0.5) is 4.79 Å². The molecule has 1 fully saturated rings. The lowest BCUT2D eigenvalue weighted by Gasteiger charge is -2.28. The zero-order valence-corrected chi connectivity index (χ0v) is 11.6. The second kappa shape index (κ2) is 7.14. The molecule has 0 saturated carbocycles. The fourth-order valence-corrected chi connectivity index (χ4v) is 2.43. The van der Waals surface area contributed by atoms with Crippen molar-refractivity contribution in [2.24, 2.45) is 0 Å². The van der Waals surface area contributed by atoms with Gasteiger partial charge in [-0.05, 0) is 31.2 Å². The van der Waals surface area contributed by atoms with Gasteiger partial charge in [-0.2, -0.15) is 0 Å². The number of urea groups is 1. The molecule has 1 unspecified atom stereocenters. The molecule has 1 heterocycles. The van der Waals surface area contributed by atoms with Crippen LogP contribution in [0, 0.1) is 0 Å². The molecule has 104 valence electrons. The topological polar surface area (TPSA) is 44.4 Å². The molecule has 0 aliphatic carbocycles. The summed E-state index contributed by atoms with van der Waals surface area (Å²) in [4.78, 5) is 13.9. The maximum Gasteiger partial charge on any atom is 0.331 e. The van der Waals surface area contributed by atoms with Gasteiger partial charge in [-0.3, -0.25) is 5.43 Å². The molecule has 0 spiro atoms. The van der Waals surface area contributed by atoms with E-state index in [0.29, 0.717) is 0 Å². The van der Waals surface area contributed by atoms with Gasteiger partial charge in [0, 0.05) is 13.1 Å². The zero-order valence-electron chi connectivity index (χ0n) is 11.6. The predicted molar refractivity (Wildman–Crippen MR) is 76.6 cm³/mol. The van der Waals surface area contributed by atoms with Crippen molar-refractivity contribution in [2.75, 3.05) is 13.1 Å². The highest BCUT2D eigenvalue weighted by atomic mass is 16.2. The molecule has 1 aromatic carbocycles. The van der Waals surface area contributed by atoms with Crippen molar-refractivity contribution < 1.29 is 4.79 Å². The number of likely N-dealkylation sites (tertiary alicyclic amines) is 1. The quantitative estimate of drug-likeness (QED) is 0.819. The molecule has 4 heteroatoms. The van der Waals surface area contributed by atoms with Crippen LogP contribution in [-0.2, 0) is 0 Å². The van der Waals surface area contributed by atoms with Crippen LogP contribution in [0.5, 0.6) is 0 Å². The number of amides is 2. The van der Waals surface area contributed by atoms with E-state index in [9.17, 15) is 4.79 Å². The third kappa shape index (κ3) is 3.96. The van der Waals surface area contributed by atoms with Crippen molar-refractivity contribution in [1.82, 2.24) is 15.8 Å². The summed E-state index contributed by atoms with van der Waals surface area (Å²) in [6.45, 7) is 3.85. The van der Waals surface area contributed by atoms with Crippen LogP contribution in [0.15, 0.2) is 30.3 Å². The highest BCUT2D eigenvalue weighted by molar-refractivity contribution is 5.73. The number of carbonyl (C=O) groups excluding carboxylic acids is 1. The lowest BCUT2D eigenvalue weighted by molar-refractivity contribution is 0.179. The van der Waals surface area contributed by atoms with E-state index in [4.69, 9.17) is 0 Å². The van der Waals surface area contributed by atoms with E-state index in [2.05, 4.69) is 29.9 Å². The van der Waals surface area contributed by atoms with E-state index in [1.54, 1.807) is 0 Å². The normalized spacial score (nSPS) is 17.0. The molecule has 1 atom stereocenters. The number of rotatable bonds is 4. The molecule has 1 aliphatic heterocycles. The smallest absolute Gasteiger partial charge is 0.324 e. The highest BCUT2D eigenvalue weighted by Crippen LogP contribution is 2.15. The van der Waals surface area contributed by atoms with Crippen LogP contribution in [-0.4, -0.2) is 24.0 Å². The average Bonchev–Trinajstić information content (AvgIpc) is 2.49. The molecule has 0 radical (unpaired) electrons. The zero-order chi connectivity index (χ0) is 13.5. The Morgan fingerprint density at radius 1 is 1.21 bits per heavy atom. The van der Waals surface area contributed by atoms with Gasteiger partial charge in [0.15, 0.2) is 0 Å². The molecular weight excluding hydrogens is 238 g/mol. The molecule has 2 amide bonds. The summed E-state index contributed by atoms with van der Waals surface area (Å²) in [6, 6.07) is 10.4. The summed E-state index contributed by atoms with van der Waals surface area (Å²) in [5.74, 6) is 0. The Bertz CT molecular complexity index is 388. The first-order valence-electron chi connectivity index (χ1n) is 7.16. The van der Waals surface area contributed by atoms with Gasteiger partial charge in [0.25, 0.3) is 0 Å². The summed E-state index contributed by atoms with van der Waals surface area (Å²) in [5.41, 5.74) is 7.18. The maximum absolute atomic E-state index is 12.0. The van der Waals surface area contributed by atoms with Crippen molar-refractivity contribution in [1.29, 1.82) is 0 Å². The van der Waals surface area contributed by atoms with Crippen molar-refractivity contribution in [3.63, 3.8) is 0 Å². The molecule has 1 aromatic rings. The van der Waals surface area contributed by atoms with E-state index in [1.807, 2.05) is 23.1 Å². The van der Waals surface area contributed by atoms with Crippen molar-refractivity contribution in [3.8, 4) is 0 Å². The van der Waals surface area contributed by atoms with Crippen LogP contribution < -0.4 is 10.9 Å². The predicted octanol–water partition coefficient (Wildman–Crippen LogP) is 2.84. The first-order chi connectivity index (χ1) is 9.31. The molecule has 4 nitrogen and oxygen atoms in total. The molecule has 0 bridgehead atoms. The first-order valence-corrected chi connectivity index (χ1v) is 7.16. The third-order valence-electron chi connectivity index (χ3n) is 3.61. The number of carbonyl (C=O) groups is 1. The molecular formula is C15H23N3O. The van der Waals surface area contributed by atoms with E-state index in [0.717, 1.165) is 32.4 Å². The van der Waals surface area contributed by atoms with Gasteiger partial charge < -0.3 is 4.90 Å². The Labute approximate surface area is 115 Å². The summed E-state index contributed by atoms with van der Waals surface area (Å²) >= 11 is 0. The monoisotopic (exact) mass is 261 g/mol. The standard InChI is InChI=1S/C15H23N3O/c1-2-14(13-9-5-3-6-10-13)16-17-15(19)18-11-7-4-8-12-18/h3,5-6,9-10,14,16H,2,4,7-8,11-12H2,1H3,(H,17,19). The fraction of sp³-hybridized carbons (Fsp3) is 0.533. The van der Waals surface area contributed by atoms with E-state index in [1.165, 1.54) is 12.0 Å². The summed E-state index contributed by atoms with van der Waals surface area (Å²) < 4.78 is 0. The first kappa shape index (κ1) is 13.9.